The molecule has 2 heterocycles. The van der Waals surface area contributed by atoms with Crippen molar-refractivity contribution in [3.8, 4) is 11.6 Å². The first-order valence-corrected chi connectivity index (χ1v) is 9.35. The fraction of sp³-hybridized carbons (Fsp3) is 0.176. The van der Waals surface area contributed by atoms with Crippen molar-refractivity contribution in [3.05, 3.63) is 47.2 Å². The number of nitrogens with zero attached hydrogens (tertiary/aromatic N) is 3. The number of amides is 2. The van der Waals surface area contributed by atoms with E-state index in [9.17, 15) is 9.59 Å². The average Bonchev–Trinajstić information content (AvgIpc) is 3.28. The van der Waals surface area contributed by atoms with Gasteiger partial charge in [-0.15, -0.1) is 10.2 Å². The molecule has 27 heavy (non-hydrogen) atoms. The Morgan fingerprint density at radius 1 is 1.33 bits per heavy atom. The van der Waals surface area contributed by atoms with Gasteiger partial charge < -0.3 is 15.5 Å². The minimum atomic E-state index is -0.625. The summed E-state index contributed by atoms with van der Waals surface area (Å²) in [5.74, 6) is 0.489. The number of nitrogens with two attached hydrogens (primary N) is 1. The van der Waals surface area contributed by atoms with Crippen LogP contribution in [0, 0.1) is 0 Å². The van der Waals surface area contributed by atoms with Crippen LogP contribution in [0.1, 0.15) is 17.3 Å². The molecule has 0 fully saturated rings. The van der Waals surface area contributed by atoms with Crippen molar-refractivity contribution in [2.24, 2.45) is 5.73 Å². The van der Waals surface area contributed by atoms with Gasteiger partial charge in [-0.25, -0.2) is 0 Å². The molecule has 2 amide bonds. The third-order valence-corrected chi connectivity index (χ3v) is 4.90. The maximum Gasteiger partial charge on any atom is 0.250 e. The van der Waals surface area contributed by atoms with Crippen molar-refractivity contribution in [2.45, 2.75) is 18.6 Å². The highest BCUT2D eigenvalue weighted by atomic mass is 35.5. The number of benzene rings is 1. The Hall–Kier alpha value is -2.78. The smallest absolute Gasteiger partial charge is 0.250 e. The SMILES string of the molecule is CCn1c(SCC(=O)Nc2ccc(C(N)=O)c(Cl)c2)nnc1-c1ccco1. The molecule has 0 spiro atoms. The normalized spacial score (nSPS) is 10.7. The number of thioether (sulfide) groups is 1. The summed E-state index contributed by atoms with van der Waals surface area (Å²) >= 11 is 7.24. The summed E-state index contributed by atoms with van der Waals surface area (Å²) in [6.07, 6.45) is 1.57. The molecule has 0 aliphatic carbocycles. The fourth-order valence-electron chi connectivity index (χ4n) is 2.39. The molecule has 3 aromatic rings. The van der Waals surface area contributed by atoms with Gasteiger partial charge in [-0.3, -0.25) is 14.2 Å². The van der Waals surface area contributed by atoms with Gasteiger partial charge in [0.2, 0.25) is 11.8 Å². The molecular formula is C17H16ClN5O3S. The molecule has 0 aliphatic heterocycles. The quantitative estimate of drug-likeness (QED) is 0.583. The summed E-state index contributed by atoms with van der Waals surface area (Å²) in [4.78, 5) is 23.4. The number of aromatic nitrogens is 3. The van der Waals surface area contributed by atoms with E-state index in [0.717, 1.165) is 0 Å². The van der Waals surface area contributed by atoms with Crippen LogP contribution in [0.3, 0.4) is 0 Å². The highest BCUT2D eigenvalue weighted by Crippen LogP contribution is 2.25. The van der Waals surface area contributed by atoms with Gasteiger partial charge in [-0.1, -0.05) is 23.4 Å². The number of rotatable bonds is 7. The maximum absolute atomic E-state index is 12.2. The zero-order valence-electron chi connectivity index (χ0n) is 14.3. The monoisotopic (exact) mass is 405 g/mol. The first-order valence-electron chi connectivity index (χ1n) is 7.98. The standard InChI is InChI=1S/C17H16ClN5O3S/c1-2-23-16(13-4-3-7-26-13)21-22-17(23)27-9-14(24)20-10-5-6-11(15(19)25)12(18)8-10/h3-8H,2,9H2,1H3,(H2,19,25)(H,20,24). The summed E-state index contributed by atoms with van der Waals surface area (Å²) in [6.45, 7) is 2.60. The Balaban J connectivity index is 1.64. The minimum absolute atomic E-state index is 0.130. The lowest BCUT2D eigenvalue weighted by Crippen LogP contribution is -2.16. The van der Waals surface area contributed by atoms with Gasteiger partial charge in [-0.05, 0) is 37.3 Å². The van der Waals surface area contributed by atoms with Crippen molar-refractivity contribution in [2.75, 3.05) is 11.1 Å². The van der Waals surface area contributed by atoms with Crippen LogP contribution in [-0.2, 0) is 11.3 Å². The summed E-state index contributed by atoms with van der Waals surface area (Å²) in [5, 5.41) is 11.8. The van der Waals surface area contributed by atoms with Gasteiger partial charge in [0.15, 0.2) is 16.7 Å². The average molecular weight is 406 g/mol. The molecule has 0 bridgehead atoms. The molecule has 0 atom stereocenters. The van der Waals surface area contributed by atoms with Crippen LogP contribution in [-0.4, -0.2) is 32.3 Å². The Bertz CT molecular complexity index is 971. The van der Waals surface area contributed by atoms with E-state index < -0.39 is 5.91 Å². The molecule has 2 aromatic heterocycles. The van der Waals surface area contributed by atoms with E-state index in [0.29, 0.717) is 29.0 Å². The second kappa shape index (κ2) is 8.28. The van der Waals surface area contributed by atoms with Crippen LogP contribution in [0.4, 0.5) is 5.69 Å². The Labute approximate surface area is 164 Å². The predicted octanol–water partition coefficient (Wildman–Crippen LogP) is 3.04. The van der Waals surface area contributed by atoms with Gasteiger partial charge >= 0.3 is 0 Å². The molecule has 0 saturated heterocycles. The van der Waals surface area contributed by atoms with E-state index >= 15 is 0 Å². The molecule has 0 aliphatic rings. The van der Waals surface area contributed by atoms with Crippen molar-refractivity contribution in [1.29, 1.82) is 0 Å². The Morgan fingerprint density at radius 2 is 2.15 bits per heavy atom. The number of primary amides is 1. The van der Waals surface area contributed by atoms with Crippen LogP contribution in [0.5, 0.6) is 0 Å². The lowest BCUT2D eigenvalue weighted by Gasteiger charge is -2.08. The summed E-state index contributed by atoms with van der Waals surface area (Å²) < 4.78 is 7.23. The summed E-state index contributed by atoms with van der Waals surface area (Å²) in [6, 6.07) is 8.10. The van der Waals surface area contributed by atoms with Crippen LogP contribution < -0.4 is 11.1 Å². The van der Waals surface area contributed by atoms with Crippen molar-refractivity contribution < 1.29 is 14.0 Å². The van der Waals surface area contributed by atoms with Crippen molar-refractivity contribution >= 4 is 40.9 Å². The number of hydrogen-bond donors (Lipinski definition) is 2. The zero-order valence-corrected chi connectivity index (χ0v) is 15.9. The third-order valence-electron chi connectivity index (χ3n) is 3.63. The van der Waals surface area contributed by atoms with E-state index in [4.69, 9.17) is 21.8 Å². The molecule has 1 aromatic carbocycles. The molecule has 8 nitrogen and oxygen atoms in total. The van der Waals surface area contributed by atoms with Crippen LogP contribution in [0.2, 0.25) is 5.02 Å². The molecular weight excluding hydrogens is 390 g/mol. The first kappa shape index (κ1) is 19.0. The molecule has 0 saturated carbocycles. The highest BCUT2D eigenvalue weighted by Gasteiger charge is 2.16. The number of hydrogen-bond acceptors (Lipinski definition) is 6. The molecule has 10 heteroatoms. The van der Waals surface area contributed by atoms with E-state index in [1.807, 2.05) is 11.5 Å². The Kier molecular flexibility index (Phi) is 5.82. The van der Waals surface area contributed by atoms with Gasteiger partial charge in [0, 0.05) is 12.2 Å². The lowest BCUT2D eigenvalue weighted by molar-refractivity contribution is -0.113. The van der Waals surface area contributed by atoms with Gasteiger partial charge in [0.25, 0.3) is 0 Å². The largest absolute Gasteiger partial charge is 0.461 e. The Morgan fingerprint density at radius 3 is 2.78 bits per heavy atom. The second-order valence-electron chi connectivity index (χ2n) is 5.42. The maximum atomic E-state index is 12.2. The number of carbonyl (C=O) groups is 2. The summed E-state index contributed by atoms with van der Waals surface area (Å²) in [5.41, 5.74) is 5.88. The number of carbonyl (C=O) groups excluding carboxylic acids is 2. The van der Waals surface area contributed by atoms with E-state index in [-0.39, 0.29) is 22.2 Å². The second-order valence-corrected chi connectivity index (χ2v) is 6.77. The van der Waals surface area contributed by atoms with Gasteiger partial charge in [0.1, 0.15) is 0 Å². The highest BCUT2D eigenvalue weighted by molar-refractivity contribution is 7.99. The van der Waals surface area contributed by atoms with E-state index in [1.165, 1.54) is 23.9 Å². The topological polar surface area (TPSA) is 116 Å². The van der Waals surface area contributed by atoms with E-state index in [1.54, 1.807) is 24.5 Å². The van der Waals surface area contributed by atoms with Crippen molar-refractivity contribution in [1.82, 2.24) is 14.8 Å². The molecule has 0 radical (unpaired) electrons. The number of halogens is 1. The molecule has 0 unspecified atom stereocenters. The third kappa shape index (κ3) is 4.32. The molecule has 3 N–H and O–H groups in total. The van der Waals surface area contributed by atoms with Crippen LogP contribution >= 0.6 is 23.4 Å². The van der Waals surface area contributed by atoms with E-state index in [2.05, 4.69) is 15.5 Å². The summed E-state index contributed by atoms with van der Waals surface area (Å²) in [7, 11) is 0. The van der Waals surface area contributed by atoms with Gasteiger partial charge in [-0.2, -0.15) is 0 Å². The van der Waals surface area contributed by atoms with Crippen LogP contribution in [0.25, 0.3) is 11.6 Å². The zero-order chi connectivity index (χ0) is 19.4. The molecule has 140 valence electrons. The fourth-order valence-corrected chi connectivity index (χ4v) is 3.46. The first-order chi connectivity index (χ1) is 13.0. The predicted molar refractivity (Wildman–Crippen MR) is 103 cm³/mol. The molecule has 3 rings (SSSR count). The van der Waals surface area contributed by atoms with Crippen LogP contribution in [0.15, 0.2) is 46.2 Å². The van der Waals surface area contributed by atoms with Crippen molar-refractivity contribution in [3.63, 3.8) is 0 Å². The lowest BCUT2D eigenvalue weighted by atomic mass is 10.2. The number of furan rings is 1. The minimum Gasteiger partial charge on any atom is -0.461 e. The van der Waals surface area contributed by atoms with Gasteiger partial charge in [0.05, 0.1) is 22.6 Å². The number of anilines is 1. The number of nitrogens with one attached hydrogen (secondary N) is 1.